The summed E-state index contributed by atoms with van der Waals surface area (Å²) < 4.78 is 32.3. The molecule has 1 amide bonds. The van der Waals surface area contributed by atoms with Crippen molar-refractivity contribution in [3.05, 3.63) is 70.8 Å². The number of hydrogen-bond donors (Lipinski definition) is 2. The molecule has 0 radical (unpaired) electrons. The lowest BCUT2D eigenvalue weighted by atomic mass is 9.93. The van der Waals surface area contributed by atoms with Crippen molar-refractivity contribution in [2.75, 3.05) is 31.5 Å². The maximum Gasteiger partial charge on any atom is 0.394 e. The number of anilines is 1. The molecule has 1 aliphatic rings. The van der Waals surface area contributed by atoms with Gasteiger partial charge in [0.2, 0.25) is 5.91 Å². The Morgan fingerprint density at radius 1 is 1.25 bits per heavy atom. The Labute approximate surface area is 234 Å². The molecule has 0 atom stereocenters. The summed E-state index contributed by atoms with van der Waals surface area (Å²) in [4.78, 5) is 27.4. The summed E-state index contributed by atoms with van der Waals surface area (Å²) in [5.74, 6) is 0.424. The molecule has 1 fully saturated rings. The molecule has 0 saturated carbocycles. The number of ether oxygens (including phenoxy) is 1. The maximum atomic E-state index is 13.1. The summed E-state index contributed by atoms with van der Waals surface area (Å²) in [6.45, 7) is 6.95. The number of nitrogens with zero attached hydrogens (tertiary/aromatic N) is 4. The van der Waals surface area contributed by atoms with Gasteiger partial charge >= 0.3 is 6.11 Å². The fraction of sp³-hybridized carbons (Fsp3) is 0.517. The third-order valence-electron chi connectivity index (χ3n) is 6.90. The Hall–Kier alpha value is -3.60. The number of pyridine rings is 1. The van der Waals surface area contributed by atoms with E-state index in [1.165, 1.54) is 17.1 Å². The van der Waals surface area contributed by atoms with Crippen molar-refractivity contribution in [2.24, 2.45) is 11.1 Å². The number of rotatable bonds is 15. The minimum Gasteiger partial charge on any atom is -0.433 e. The van der Waals surface area contributed by atoms with Crippen LogP contribution in [-0.2, 0) is 17.8 Å². The van der Waals surface area contributed by atoms with Crippen molar-refractivity contribution in [1.82, 2.24) is 14.5 Å². The molecule has 0 bridgehead atoms. The number of aryl methyl sites for hydroxylation is 1. The van der Waals surface area contributed by atoms with E-state index in [0.717, 1.165) is 38.0 Å². The second-order valence-electron chi connectivity index (χ2n) is 10.2. The van der Waals surface area contributed by atoms with Gasteiger partial charge in [-0.3, -0.25) is 14.6 Å². The monoisotopic (exact) mass is 558 g/mol. The van der Waals surface area contributed by atoms with Gasteiger partial charge in [-0.15, -0.1) is 0 Å². The number of amides is 1. The highest BCUT2D eigenvalue weighted by Crippen LogP contribution is 2.22. The first-order valence-electron chi connectivity index (χ1n) is 13.8. The van der Waals surface area contributed by atoms with Gasteiger partial charge in [-0.05, 0) is 81.4 Å². The number of nitrogens with one attached hydrogen (secondary N) is 2. The summed E-state index contributed by atoms with van der Waals surface area (Å²) in [5, 5.41) is 7.84. The Morgan fingerprint density at radius 2 is 2.02 bits per heavy atom. The van der Waals surface area contributed by atoms with E-state index in [4.69, 9.17) is 5.53 Å². The van der Waals surface area contributed by atoms with Crippen LogP contribution >= 0.6 is 0 Å². The molecular formula is C29H40F2N6O3. The van der Waals surface area contributed by atoms with Crippen LogP contribution in [0.4, 0.5) is 14.5 Å². The Bertz CT molecular complexity index is 1190. The minimum atomic E-state index is -3.25. The van der Waals surface area contributed by atoms with Gasteiger partial charge in [-0.2, -0.15) is 14.3 Å². The predicted molar refractivity (Wildman–Crippen MR) is 150 cm³/mol. The first-order valence-corrected chi connectivity index (χ1v) is 13.8. The van der Waals surface area contributed by atoms with Crippen LogP contribution in [0.5, 0.6) is 5.75 Å². The highest BCUT2D eigenvalue weighted by Gasteiger charge is 2.23. The van der Waals surface area contributed by atoms with Crippen LogP contribution in [0.3, 0.4) is 0 Å². The van der Waals surface area contributed by atoms with Crippen molar-refractivity contribution in [1.29, 1.82) is 5.53 Å². The predicted octanol–water partition coefficient (Wildman–Crippen LogP) is 5.68. The first kappa shape index (κ1) is 30.9. The van der Waals surface area contributed by atoms with E-state index in [9.17, 15) is 18.4 Å². The summed E-state index contributed by atoms with van der Waals surface area (Å²) >= 11 is 0. The molecule has 0 spiro atoms. The average molecular weight is 559 g/mol. The molecule has 1 aromatic carbocycles. The topological polar surface area (TPSA) is 103 Å². The van der Waals surface area contributed by atoms with Crippen molar-refractivity contribution < 1.29 is 18.3 Å². The number of piperidine rings is 1. The number of aromatic nitrogens is 1. The molecule has 2 aromatic rings. The van der Waals surface area contributed by atoms with Crippen molar-refractivity contribution in [3.8, 4) is 5.75 Å². The zero-order valence-electron chi connectivity index (χ0n) is 23.3. The van der Waals surface area contributed by atoms with Gasteiger partial charge < -0.3 is 19.5 Å². The van der Waals surface area contributed by atoms with Crippen molar-refractivity contribution in [2.45, 2.75) is 65.0 Å². The van der Waals surface area contributed by atoms with Crippen molar-refractivity contribution in [3.63, 3.8) is 0 Å². The minimum absolute atomic E-state index is 0.0528. The van der Waals surface area contributed by atoms with Gasteiger partial charge in [0.15, 0.2) is 0 Å². The summed E-state index contributed by atoms with van der Waals surface area (Å²) in [6, 6.07) is 9.68. The van der Waals surface area contributed by atoms with E-state index in [0.29, 0.717) is 57.3 Å². The Balaban J connectivity index is 1.38. The van der Waals surface area contributed by atoms with Crippen LogP contribution in [-0.4, -0.2) is 52.7 Å². The highest BCUT2D eigenvalue weighted by atomic mass is 19.3. The Morgan fingerprint density at radius 3 is 2.70 bits per heavy atom. The lowest BCUT2D eigenvalue weighted by Gasteiger charge is -2.30. The number of hydrogen-bond acceptors (Lipinski definition) is 6. The van der Waals surface area contributed by atoms with Crippen molar-refractivity contribution >= 4 is 11.6 Å². The van der Waals surface area contributed by atoms with Crippen LogP contribution in [0.25, 0.3) is 0 Å². The summed E-state index contributed by atoms with van der Waals surface area (Å²) in [5.41, 5.74) is 8.52. The van der Waals surface area contributed by atoms with Crippen LogP contribution in [0, 0.1) is 11.4 Å². The van der Waals surface area contributed by atoms with E-state index >= 15 is 0 Å². The van der Waals surface area contributed by atoms with E-state index in [-0.39, 0.29) is 17.2 Å². The first-order chi connectivity index (χ1) is 19.1. The molecule has 1 aliphatic heterocycles. The van der Waals surface area contributed by atoms with Gasteiger partial charge in [0.05, 0.1) is 0 Å². The molecule has 0 unspecified atom stereocenters. The smallest absolute Gasteiger partial charge is 0.394 e. The molecule has 218 valence electrons. The third kappa shape index (κ3) is 10.9. The maximum absolute atomic E-state index is 13.1. The quantitative estimate of drug-likeness (QED) is 0.166. The number of allylic oxidation sites excluding steroid dienone is 1. The standard InChI is InChI=1S/C29H40F2N6O3/c1-3-35-17-11-24(12-18-35)21-27(38)33-25-13-19-36(28(39)22-25)14-4-5-15-37(34-32)16-7-9-23-8-6-10-26(20-23)40-29(2,30)31/h6-8,10,13,16,19-20,22,24,32H,3-5,9,11-12,14-15,17-18,21H2,1-2H3,(H,33,38)/b16-7+,34-32?. The zero-order valence-corrected chi connectivity index (χ0v) is 23.3. The normalized spacial score (nSPS) is 14.8. The average Bonchev–Trinajstić information content (AvgIpc) is 2.90. The zero-order chi connectivity index (χ0) is 29.0. The van der Waals surface area contributed by atoms with Gasteiger partial charge in [-0.1, -0.05) is 30.4 Å². The number of halogens is 2. The van der Waals surface area contributed by atoms with Gasteiger partial charge in [0.25, 0.3) is 5.56 Å². The van der Waals surface area contributed by atoms with E-state index in [1.807, 2.05) is 0 Å². The molecule has 40 heavy (non-hydrogen) atoms. The highest BCUT2D eigenvalue weighted by molar-refractivity contribution is 5.90. The summed E-state index contributed by atoms with van der Waals surface area (Å²) in [6.07, 6.45) is 6.31. The molecule has 3 rings (SSSR count). The number of unbranched alkanes of at least 4 members (excludes halogenated alkanes) is 1. The molecule has 2 heterocycles. The molecule has 1 saturated heterocycles. The van der Waals surface area contributed by atoms with Gasteiger partial charge in [0, 0.05) is 50.6 Å². The van der Waals surface area contributed by atoms with E-state index in [2.05, 4.69) is 27.1 Å². The molecule has 9 nitrogen and oxygen atoms in total. The number of likely N-dealkylation sites (tertiary alicyclic amines) is 1. The second-order valence-corrected chi connectivity index (χ2v) is 10.2. The molecule has 0 aliphatic carbocycles. The number of alkyl halides is 2. The third-order valence-corrected chi connectivity index (χ3v) is 6.90. The number of benzene rings is 1. The van der Waals surface area contributed by atoms with Crippen LogP contribution in [0.15, 0.2) is 64.9 Å². The fourth-order valence-electron chi connectivity index (χ4n) is 4.72. The van der Waals surface area contributed by atoms with E-state index < -0.39 is 6.11 Å². The van der Waals surface area contributed by atoms with Gasteiger partial charge in [-0.25, -0.2) is 0 Å². The largest absolute Gasteiger partial charge is 0.433 e. The lowest BCUT2D eigenvalue weighted by Crippen LogP contribution is -2.34. The SMILES string of the molecule is CCN1CCC(CC(=O)Nc2ccn(CCCCN(/C=C/Cc3cccc(OC(C)(F)F)c3)N=N)c(=O)c2)CC1. The summed E-state index contributed by atoms with van der Waals surface area (Å²) in [7, 11) is 0. The van der Waals surface area contributed by atoms with Crippen LogP contribution in [0.2, 0.25) is 0 Å². The van der Waals surface area contributed by atoms with Crippen LogP contribution < -0.4 is 15.6 Å². The number of carbonyl (C=O) groups is 1. The van der Waals surface area contributed by atoms with Crippen LogP contribution in [0.1, 0.15) is 51.5 Å². The molecule has 1 aromatic heterocycles. The molecule has 2 N–H and O–H groups in total. The lowest BCUT2D eigenvalue weighted by molar-refractivity contribution is -0.159. The molecule has 11 heteroatoms. The number of carbonyl (C=O) groups excluding carboxylic acids is 1. The van der Waals surface area contributed by atoms with E-state index in [1.54, 1.807) is 47.3 Å². The Kier molecular flexibility index (Phi) is 11.8. The van der Waals surface area contributed by atoms with Gasteiger partial charge in [0.1, 0.15) is 5.75 Å². The molecular weight excluding hydrogens is 518 g/mol. The fourth-order valence-corrected chi connectivity index (χ4v) is 4.72. The second kappa shape index (κ2) is 15.3.